The van der Waals surface area contributed by atoms with Crippen molar-refractivity contribution in [3.8, 4) is 11.5 Å². The molecule has 1 amide bonds. The van der Waals surface area contributed by atoms with Gasteiger partial charge in [-0.3, -0.25) is 4.79 Å². The molecular weight excluding hydrogens is 362 g/mol. The van der Waals surface area contributed by atoms with Crippen molar-refractivity contribution in [1.82, 2.24) is 0 Å². The number of nitrogens with zero attached hydrogens (tertiary/aromatic N) is 1. The number of nitrogens with two attached hydrogens (primary N) is 1. The van der Waals surface area contributed by atoms with Gasteiger partial charge >= 0.3 is 0 Å². The third-order valence-corrected chi connectivity index (χ3v) is 4.27. The van der Waals surface area contributed by atoms with E-state index in [1.54, 1.807) is 12.1 Å². The van der Waals surface area contributed by atoms with Gasteiger partial charge in [0.05, 0.1) is 6.42 Å². The molecule has 0 aliphatic carbocycles. The van der Waals surface area contributed by atoms with E-state index < -0.39 is 18.3 Å². The third-order valence-electron chi connectivity index (χ3n) is 4.27. The van der Waals surface area contributed by atoms with Crippen LogP contribution in [0.5, 0.6) is 11.5 Å². The maximum atomic E-state index is 14.5. The first-order chi connectivity index (χ1) is 13.4. The van der Waals surface area contributed by atoms with Gasteiger partial charge in [0, 0.05) is 17.3 Å². The summed E-state index contributed by atoms with van der Waals surface area (Å²) in [5, 5.41) is 0. The summed E-state index contributed by atoms with van der Waals surface area (Å²) in [5.41, 5.74) is 6.15. The van der Waals surface area contributed by atoms with Crippen LogP contribution in [0.2, 0.25) is 0 Å². The minimum atomic E-state index is -3.32. The standard InChI is InChI=1S/C22H26F2N2O2/c1-3-8-20(19(25)4-2)26-21(27)15-22(23,24)16-11-13-18(14-12-16)28-17-9-6-5-7-10-17/h5-7,9-14,19H,3-4,8,15,25H2,1-2H3. The van der Waals surface area contributed by atoms with Gasteiger partial charge in [-0.25, -0.2) is 13.8 Å². The van der Waals surface area contributed by atoms with Gasteiger partial charge in [-0.15, -0.1) is 0 Å². The van der Waals surface area contributed by atoms with E-state index in [2.05, 4.69) is 4.99 Å². The number of ether oxygens (including phenoxy) is 1. The maximum absolute atomic E-state index is 14.5. The Kier molecular flexibility index (Phi) is 7.81. The molecule has 0 saturated heterocycles. The average molecular weight is 388 g/mol. The van der Waals surface area contributed by atoms with E-state index in [9.17, 15) is 13.6 Å². The normalized spacial score (nSPS) is 13.2. The van der Waals surface area contributed by atoms with Crippen molar-refractivity contribution >= 4 is 11.6 Å². The highest BCUT2D eigenvalue weighted by molar-refractivity contribution is 5.98. The lowest BCUT2D eigenvalue weighted by Crippen LogP contribution is -2.31. The van der Waals surface area contributed by atoms with Gasteiger partial charge < -0.3 is 10.5 Å². The fourth-order valence-electron chi connectivity index (χ4n) is 2.70. The van der Waals surface area contributed by atoms with Crippen molar-refractivity contribution in [2.45, 2.75) is 51.5 Å². The zero-order chi connectivity index (χ0) is 20.6. The number of carbonyl (C=O) groups is 1. The molecule has 1 atom stereocenters. The lowest BCUT2D eigenvalue weighted by molar-refractivity contribution is -0.125. The molecule has 1 unspecified atom stereocenters. The fraction of sp³-hybridized carbons (Fsp3) is 0.364. The molecule has 150 valence electrons. The molecule has 0 bridgehead atoms. The molecule has 0 spiro atoms. The van der Waals surface area contributed by atoms with E-state index in [-0.39, 0.29) is 11.6 Å². The van der Waals surface area contributed by atoms with Crippen LogP contribution in [0, 0.1) is 0 Å². The highest BCUT2D eigenvalue weighted by Gasteiger charge is 2.34. The van der Waals surface area contributed by atoms with Crippen LogP contribution in [0.4, 0.5) is 8.78 Å². The zero-order valence-electron chi connectivity index (χ0n) is 16.2. The number of aliphatic imine (C=N–C) groups is 1. The first-order valence-corrected chi connectivity index (χ1v) is 9.42. The predicted molar refractivity (Wildman–Crippen MR) is 107 cm³/mol. The second kappa shape index (κ2) is 10.1. The predicted octanol–water partition coefficient (Wildman–Crippen LogP) is 5.47. The number of hydrogen-bond acceptors (Lipinski definition) is 3. The van der Waals surface area contributed by atoms with E-state index in [4.69, 9.17) is 10.5 Å². The Morgan fingerprint density at radius 2 is 1.68 bits per heavy atom. The van der Waals surface area contributed by atoms with Crippen molar-refractivity contribution in [2.24, 2.45) is 10.7 Å². The molecule has 0 aliphatic rings. The van der Waals surface area contributed by atoms with Gasteiger partial charge in [0.15, 0.2) is 0 Å². The summed E-state index contributed by atoms with van der Waals surface area (Å²) in [6, 6.07) is 14.1. The largest absolute Gasteiger partial charge is 0.457 e. The van der Waals surface area contributed by atoms with E-state index in [1.165, 1.54) is 24.3 Å². The number of halogens is 2. The topological polar surface area (TPSA) is 64.7 Å². The highest BCUT2D eigenvalue weighted by atomic mass is 19.3. The second-order valence-corrected chi connectivity index (χ2v) is 6.58. The van der Waals surface area contributed by atoms with E-state index in [1.807, 2.05) is 32.0 Å². The number of amides is 1. The summed E-state index contributed by atoms with van der Waals surface area (Å²) in [6.07, 6.45) is 0.887. The van der Waals surface area contributed by atoms with Crippen molar-refractivity contribution in [1.29, 1.82) is 0 Å². The van der Waals surface area contributed by atoms with E-state index in [0.29, 0.717) is 30.1 Å². The smallest absolute Gasteiger partial charge is 0.282 e. The molecule has 2 aromatic carbocycles. The van der Waals surface area contributed by atoms with Crippen LogP contribution in [0.25, 0.3) is 0 Å². The van der Waals surface area contributed by atoms with E-state index in [0.717, 1.165) is 6.42 Å². The summed E-state index contributed by atoms with van der Waals surface area (Å²) < 4.78 is 34.6. The Hall–Kier alpha value is -2.60. The molecule has 0 fully saturated rings. The minimum absolute atomic E-state index is 0.256. The van der Waals surface area contributed by atoms with Crippen LogP contribution in [0.15, 0.2) is 59.6 Å². The summed E-state index contributed by atoms with van der Waals surface area (Å²) in [6.45, 7) is 3.80. The van der Waals surface area contributed by atoms with Crippen LogP contribution >= 0.6 is 0 Å². The lowest BCUT2D eigenvalue weighted by Gasteiger charge is -2.17. The van der Waals surface area contributed by atoms with E-state index >= 15 is 0 Å². The third kappa shape index (κ3) is 6.23. The number of carbonyl (C=O) groups excluding carboxylic acids is 1. The van der Waals surface area contributed by atoms with Crippen molar-refractivity contribution < 1.29 is 18.3 Å². The lowest BCUT2D eigenvalue weighted by atomic mass is 10.0. The van der Waals surface area contributed by atoms with Crippen LogP contribution in [0.3, 0.4) is 0 Å². The zero-order valence-corrected chi connectivity index (χ0v) is 16.2. The Balaban J connectivity index is 2.07. The number of hydrogen-bond donors (Lipinski definition) is 1. The molecule has 6 heteroatoms. The van der Waals surface area contributed by atoms with Gasteiger partial charge in [-0.2, -0.15) is 0 Å². The quantitative estimate of drug-likeness (QED) is 0.580. The van der Waals surface area contributed by atoms with Gasteiger partial charge in [0.1, 0.15) is 11.5 Å². The monoisotopic (exact) mass is 388 g/mol. The molecule has 2 N–H and O–H groups in total. The van der Waals surface area contributed by atoms with Crippen LogP contribution in [-0.2, 0) is 10.7 Å². The molecule has 2 aromatic rings. The van der Waals surface area contributed by atoms with Crippen LogP contribution in [-0.4, -0.2) is 17.7 Å². The molecule has 28 heavy (non-hydrogen) atoms. The van der Waals surface area contributed by atoms with Crippen molar-refractivity contribution in [3.05, 3.63) is 60.2 Å². The summed E-state index contributed by atoms with van der Waals surface area (Å²) in [7, 11) is 0. The fourth-order valence-corrected chi connectivity index (χ4v) is 2.70. The molecule has 2 rings (SSSR count). The first-order valence-electron chi connectivity index (χ1n) is 9.42. The average Bonchev–Trinajstić information content (AvgIpc) is 2.68. The molecule has 0 radical (unpaired) electrons. The summed E-state index contributed by atoms with van der Waals surface area (Å²) >= 11 is 0. The van der Waals surface area contributed by atoms with Crippen LogP contribution in [0.1, 0.15) is 45.1 Å². The Labute approximate surface area is 164 Å². The highest BCUT2D eigenvalue weighted by Crippen LogP contribution is 2.33. The molecule has 0 heterocycles. The molecule has 0 aromatic heterocycles. The molecular formula is C22H26F2N2O2. The Morgan fingerprint density at radius 3 is 2.25 bits per heavy atom. The molecule has 0 saturated carbocycles. The Morgan fingerprint density at radius 1 is 1.07 bits per heavy atom. The number of alkyl halides is 2. The summed E-state index contributed by atoms with van der Waals surface area (Å²) in [4.78, 5) is 16.0. The van der Waals surface area contributed by atoms with Crippen molar-refractivity contribution in [3.63, 3.8) is 0 Å². The number of rotatable bonds is 9. The second-order valence-electron chi connectivity index (χ2n) is 6.58. The SMILES string of the molecule is CCCC(=NC(=O)CC(F)(F)c1ccc(Oc2ccccc2)cc1)C(N)CC. The molecule has 4 nitrogen and oxygen atoms in total. The minimum Gasteiger partial charge on any atom is -0.457 e. The first kappa shape index (κ1) is 21.7. The number of para-hydroxylation sites is 1. The molecule has 0 aliphatic heterocycles. The number of benzene rings is 2. The van der Waals surface area contributed by atoms with Gasteiger partial charge in [0.2, 0.25) is 0 Å². The van der Waals surface area contributed by atoms with Crippen molar-refractivity contribution in [2.75, 3.05) is 0 Å². The van der Waals surface area contributed by atoms with Gasteiger partial charge in [0.25, 0.3) is 11.8 Å². The maximum Gasteiger partial charge on any atom is 0.282 e. The van der Waals surface area contributed by atoms with Crippen LogP contribution < -0.4 is 10.5 Å². The summed E-state index contributed by atoms with van der Waals surface area (Å²) in [5.74, 6) is -3.13. The Bertz CT molecular complexity index is 790. The van der Waals surface area contributed by atoms with Gasteiger partial charge in [-0.1, -0.05) is 38.5 Å². The van der Waals surface area contributed by atoms with Gasteiger partial charge in [-0.05, 0) is 49.2 Å².